The summed E-state index contributed by atoms with van der Waals surface area (Å²) in [6, 6.07) is 12.4. The summed E-state index contributed by atoms with van der Waals surface area (Å²) in [5, 5.41) is 7.95. The van der Waals surface area contributed by atoms with E-state index >= 15 is 0 Å². The van der Waals surface area contributed by atoms with Gasteiger partial charge in [-0.05, 0) is 36.6 Å². The zero-order valence-corrected chi connectivity index (χ0v) is 14.0. The van der Waals surface area contributed by atoms with E-state index in [4.69, 9.17) is 5.14 Å². The number of benzene rings is 2. The Morgan fingerprint density at radius 3 is 2.52 bits per heavy atom. The van der Waals surface area contributed by atoms with Gasteiger partial charge in [0.15, 0.2) is 0 Å². The molecule has 0 aliphatic carbocycles. The first-order valence-corrected chi connectivity index (χ1v) is 8.85. The second-order valence-electron chi connectivity index (χ2n) is 5.44. The number of anilines is 1. The second-order valence-corrected chi connectivity index (χ2v) is 6.96. The maximum Gasteiger partial charge on any atom is 0.238 e. The lowest BCUT2D eigenvalue weighted by Crippen LogP contribution is -2.17. The molecule has 6 heteroatoms. The maximum atomic E-state index is 12.1. The van der Waals surface area contributed by atoms with Crippen LogP contribution >= 0.6 is 0 Å². The van der Waals surface area contributed by atoms with Crippen molar-refractivity contribution in [3.63, 3.8) is 0 Å². The molecule has 5 nitrogen and oxygen atoms in total. The van der Waals surface area contributed by atoms with E-state index in [1.807, 2.05) is 38.1 Å². The minimum atomic E-state index is -3.82. The van der Waals surface area contributed by atoms with E-state index in [1.165, 1.54) is 6.07 Å². The molecule has 0 bridgehead atoms. The van der Waals surface area contributed by atoms with Crippen molar-refractivity contribution in [3.05, 3.63) is 59.2 Å². The van der Waals surface area contributed by atoms with E-state index in [0.717, 1.165) is 11.1 Å². The van der Waals surface area contributed by atoms with Crippen molar-refractivity contribution in [2.24, 2.45) is 5.14 Å². The van der Waals surface area contributed by atoms with Gasteiger partial charge in [0.1, 0.15) is 0 Å². The Morgan fingerprint density at radius 2 is 1.91 bits per heavy atom. The third kappa shape index (κ3) is 4.64. The number of aryl methyl sites for hydroxylation is 2. The standard InChI is InChI=1S/C17H20N2O3S/c1-3-14-7-8-15(11-16(14)23(18,21)22)19-17(20)10-13-6-4-5-12(2)9-13/h4-9,11H,3,10H2,1-2H3,(H,19,20)(H2,18,21,22). The first-order chi connectivity index (χ1) is 10.8. The van der Waals surface area contributed by atoms with Crippen LogP contribution in [0.3, 0.4) is 0 Å². The van der Waals surface area contributed by atoms with E-state index in [9.17, 15) is 13.2 Å². The van der Waals surface area contributed by atoms with E-state index in [0.29, 0.717) is 17.7 Å². The predicted molar refractivity (Wildman–Crippen MR) is 90.7 cm³/mol. The van der Waals surface area contributed by atoms with Crippen molar-refractivity contribution in [2.75, 3.05) is 5.32 Å². The molecule has 2 aromatic carbocycles. The molecule has 0 atom stereocenters. The van der Waals surface area contributed by atoms with Gasteiger partial charge in [-0.1, -0.05) is 42.8 Å². The highest BCUT2D eigenvalue weighted by Crippen LogP contribution is 2.20. The lowest BCUT2D eigenvalue weighted by atomic mass is 10.1. The molecule has 122 valence electrons. The van der Waals surface area contributed by atoms with Crippen molar-refractivity contribution in [3.8, 4) is 0 Å². The van der Waals surface area contributed by atoms with Crippen molar-refractivity contribution in [1.29, 1.82) is 0 Å². The molecule has 23 heavy (non-hydrogen) atoms. The summed E-state index contributed by atoms with van der Waals surface area (Å²) >= 11 is 0. The van der Waals surface area contributed by atoms with Crippen LogP contribution in [0.4, 0.5) is 5.69 Å². The molecule has 1 amide bonds. The molecular formula is C17H20N2O3S. The lowest BCUT2D eigenvalue weighted by molar-refractivity contribution is -0.115. The SMILES string of the molecule is CCc1ccc(NC(=O)Cc2cccc(C)c2)cc1S(N)(=O)=O. The average Bonchev–Trinajstić information content (AvgIpc) is 2.46. The summed E-state index contributed by atoms with van der Waals surface area (Å²) in [4.78, 5) is 12.2. The van der Waals surface area contributed by atoms with Gasteiger partial charge in [0.2, 0.25) is 15.9 Å². The normalized spacial score (nSPS) is 11.3. The number of hydrogen-bond donors (Lipinski definition) is 2. The quantitative estimate of drug-likeness (QED) is 0.881. The van der Waals surface area contributed by atoms with Gasteiger partial charge in [0.25, 0.3) is 0 Å². The molecule has 0 saturated heterocycles. The van der Waals surface area contributed by atoms with E-state index in [1.54, 1.807) is 12.1 Å². The number of carbonyl (C=O) groups is 1. The summed E-state index contributed by atoms with van der Waals surface area (Å²) < 4.78 is 23.3. The second kappa shape index (κ2) is 6.93. The molecule has 0 spiro atoms. The monoisotopic (exact) mass is 332 g/mol. The molecule has 2 rings (SSSR count). The average molecular weight is 332 g/mol. The predicted octanol–water partition coefficient (Wildman–Crippen LogP) is 2.39. The first-order valence-electron chi connectivity index (χ1n) is 7.30. The Hall–Kier alpha value is -2.18. The van der Waals surface area contributed by atoms with E-state index in [-0.39, 0.29) is 17.2 Å². The fourth-order valence-electron chi connectivity index (χ4n) is 2.40. The van der Waals surface area contributed by atoms with Crippen molar-refractivity contribution in [1.82, 2.24) is 0 Å². The van der Waals surface area contributed by atoms with Gasteiger partial charge in [-0.15, -0.1) is 0 Å². The lowest BCUT2D eigenvalue weighted by Gasteiger charge is -2.10. The van der Waals surface area contributed by atoms with E-state index < -0.39 is 10.0 Å². The molecule has 0 saturated carbocycles. The summed E-state index contributed by atoms with van der Waals surface area (Å²) in [6.45, 7) is 3.81. The van der Waals surface area contributed by atoms with Crippen molar-refractivity contribution in [2.45, 2.75) is 31.6 Å². The Kier molecular flexibility index (Phi) is 5.18. The Balaban J connectivity index is 2.18. The highest BCUT2D eigenvalue weighted by molar-refractivity contribution is 7.89. The van der Waals surface area contributed by atoms with Crippen molar-refractivity contribution < 1.29 is 13.2 Å². The fourth-order valence-corrected chi connectivity index (χ4v) is 3.27. The molecule has 0 radical (unpaired) electrons. The first kappa shape index (κ1) is 17.2. The van der Waals surface area contributed by atoms with Gasteiger partial charge in [-0.25, -0.2) is 13.6 Å². The van der Waals surface area contributed by atoms with Crippen LogP contribution in [-0.4, -0.2) is 14.3 Å². The highest BCUT2D eigenvalue weighted by Gasteiger charge is 2.14. The third-order valence-corrected chi connectivity index (χ3v) is 4.48. The Morgan fingerprint density at radius 1 is 1.17 bits per heavy atom. The summed E-state index contributed by atoms with van der Waals surface area (Å²) in [5.74, 6) is -0.208. The number of nitrogens with two attached hydrogens (primary N) is 1. The number of sulfonamides is 1. The van der Waals surface area contributed by atoms with Gasteiger partial charge in [0.05, 0.1) is 11.3 Å². The van der Waals surface area contributed by atoms with Crippen LogP contribution in [0.2, 0.25) is 0 Å². The molecule has 2 aromatic rings. The number of carbonyl (C=O) groups excluding carboxylic acids is 1. The van der Waals surface area contributed by atoms with Gasteiger partial charge in [0, 0.05) is 5.69 Å². The minimum Gasteiger partial charge on any atom is -0.326 e. The molecule has 0 aliphatic heterocycles. The Bertz CT molecular complexity index is 829. The number of rotatable bonds is 5. The molecule has 0 aliphatic rings. The summed E-state index contributed by atoms with van der Waals surface area (Å²) in [7, 11) is -3.82. The third-order valence-electron chi connectivity index (χ3n) is 3.49. The maximum absolute atomic E-state index is 12.1. The van der Waals surface area contributed by atoms with Gasteiger partial charge in [-0.2, -0.15) is 0 Å². The zero-order chi connectivity index (χ0) is 17.0. The van der Waals surface area contributed by atoms with Crippen LogP contribution in [0.15, 0.2) is 47.4 Å². The molecule has 0 unspecified atom stereocenters. The van der Waals surface area contributed by atoms with Gasteiger partial charge >= 0.3 is 0 Å². The molecular weight excluding hydrogens is 312 g/mol. The number of hydrogen-bond acceptors (Lipinski definition) is 3. The van der Waals surface area contributed by atoms with Gasteiger partial charge < -0.3 is 5.32 Å². The highest BCUT2D eigenvalue weighted by atomic mass is 32.2. The van der Waals surface area contributed by atoms with Crippen LogP contribution < -0.4 is 10.5 Å². The number of amides is 1. The topological polar surface area (TPSA) is 89.3 Å². The van der Waals surface area contributed by atoms with Crippen LogP contribution in [0, 0.1) is 6.92 Å². The Labute approximate surface area is 136 Å². The molecule has 0 heterocycles. The fraction of sp³-hybridized carbons (Fsp3) is 0.235. The summed E-state index contributed by atoms with van der Waals surface area (Å²) in [5.41, 5.74) is 3.03. The molecule has 3 N–H and O–H groups in total. The zero-order valence-electron chi connectivity index (χ0n) is 13.2. The minimum absolute atomic E-state index is 0.0494. The van der Waals surface area contributed by atoms with Crippen LogP contribution in [0.25, 0.3) is 0 Å². The molecule has 0 fully saturated rings. The molecule has 0 aromatic heterocycles. The van der Waals surface area contributed by atoms with Crippen LogP contribution in [-0.2, 0) is 27.7 Å². The number of nitrogens with one attached hydrogen (secondary N) is 1. The van der Waals surface area contributed by atoms with Crippen LogP contribution in [0.5, 0.6) is 0 Å². The van der Waals surface area contributed by atoms with Crippen molar-refractivity contribution >= 4 is 21.6 Å². The van der Waals surface area contributed by atoms with E-state index in [2.05, 4.69) is 5.32 Å². The largest absolute Gasteiger partial charge is 0.326 e. The summed E-state index contributed by atoms with van der Waals surface area (Å²) in [6.07, 6.45) is 0.769. The number of primary sulfonamides is 1. The smallest absolute Gasteiger partial charge is 0.238 e. The van der Waals surface area contributed by atoms with Crippen LogP contribution in [0.1, 0.15) is 23.6 Å². The van der Waals surface area contributed by atoms with Gasteiger partial charge in [-0.3, -0.25) is 4.79 Å².